The van der Waals surface area contributed by atoms with E-state index >= 15 is 0 Å². The minimum absolute atomic E-state index is 0.0266. The van der Waals surface area contributed by atoms with Gasteiger partial charge < -0.3 is 20.5 Å². The minimum atomic E-state index is -1.17. The molecule has 3 aromatic rings. The molecule has 0 atom stereocenters. The zero-order valence-electron chi connectivity index (χ0n) is 19.9. The molecule has 7 nitrogen and oxygen atoms in total. The van der Waals surface area contributed by atoms with E-state index in [1.165, 1.54) is 11.3 Å². The number of ether oxygens (including phenoxy) is 2. The molecule has 8 heteroatoms. The fourth-order valence-corrected chi connectivity index (χ4v) is 3.80. The third-order valence-corrected chi connectivity index (χ3v) is 5.69. The second-order valence-corrected chi connectivity index (χ2v) is 10.2. The van der Waals surface area contributed by atoms with Crippen LogP contribution in [0.25, 0.3) is 11.1 Å². The lowest BCUT2D eigenvalue weighted by Gasteiger charge is -2.25. The molecule has 0 bridgehead atoms. The molecule has 2 aromatic carbocycles. The molecule has 0 spiro atoms. The second-order valence-electron chi connectivity index (χ2n) is 9.29. The van der Waals surface area contributed by atoms with E-state index in [9.17, 15) is 9.59 Å². The van der Waals surface area contributed by atoms with E-state index in [1.54, 1.807) is 44.2 Å². The third-order valence-electron chi connectivity index (χ3n) is 4.73. The van der Waals surface area contributed by atoms with Gasteiger partial charge in [-0.15, -0.1) is 11.3 Å². The summed E-state index contributed by atoms with van der Waals surface area (Å²) >= 11 is 1.40. The lowest BCUT2D eigenvalue weighted by atomic mass is 10.1. The van der Waals surface area contributed by atoms with Gasteiger partial charge in [-0.25, -0.2) is 4.79 Å². The Labute approximate surface area is 203 Å². The molecule has 3 rings (SSSR count). The second kappa shape index (κ2) is 9.69. The molecule has 34 heavy (non-hydrogen) atoms. The van der Waals surface area contributed by atoms with Gasteiger partial charge in [0, 0.05) is 5.69 Å². The van der Waals surface area contributed by atoms with Crippen LogP contribution in [0, 0.1) is 5.41 Å². The number of nitrogens with one attached hydrogen (secondary N) is 2. The quantitative estimate of drug-likeness (QED) is 0.237. The molecule has 0 aliphatic heterocycles. The van der Waals surface area contributed by atoms with Crippen LogP contribution in [0.15, 0.2) is 60.0 Å². The van der Waals surface area contributed by atoms with Gasteiger partial charge in [-0.3, -0.25) is 10.2 Å². The number of carbonyl (C=O) groups excluding carboxylic acids is 2. The number of benzene rings is 2. The van der Waals surface area contributed by atoms with Crippen LogP contribution in [0.3, 0.4) is 0 Å². The highest BCUT2D eigenvalue weighted by Gasteiger charge is 2.30. The summed E-state index contributed by atoms with van der Waals surface area (Å²) in [5.41, 5.74) is 6.66. The average Bonchev–Trinajstić information content (AvgIpc) is 3.24. The van der Waals surface area contributed by atoms with E-state index in [-0.39, 0.29) is 11.7 Å². The maximum atomic E-state index is 13.0. The molecular weight excluding hydrogens is 450 g/mol. The van der Waals surface area contributed by atoms with E-state index in [4.69, 9.17) is 20.6 Å². The lowest BCUT2D eigenvalue weighted by molar-refractivity contribution is -0.128. The predicted octanol–water partition coefficient (Wildman–Crippen LogP) is 5.45. The Kier molecular flexibility index (Phi) is 7.12. The van der Waals surface area contributed by atoms with Gasteiger partial charge in [0.1, 0.15) is 17.2 Å². The van der Waals surface area contributed by atoms with Crippen LogP contribution in [0.2, 0.25) is 0 Å². The van der Waals surface area contributed by atoms with Crippen LogP contribution >= 0.6 is 11.3 Å². The fraction of sp³-hybridized carbons (Fsp3) is 0.269. The largest absolute Gasteiger partial charge is 0.478 e. The summed E-state index contributed by atoms with van der Waals surface area (Å²) in [6.07, 6.45) is 0. The molecule has 0 aliphatic carbocycles. The first-order valence-corrected chi connectivity index (χ1v) is 11.6. The van der Waals surface area contributed by atoms with Crippen molar-refractivity contribution in [3.63, 3.8) is 0 Å². The molecule has 4 N–H and O–H groups in total. The van der Waals surface area contributed by atoms with Gasteiger partial charge in [-0.1, -0.05) is 12.1 Å². The first kappa shape index (κ1) is 25.0. The summed E-state index contributed by atoms with van der Waals surface area (Å²) < 4.78 is 11.3. The highest BCUT2D eigenvalue weighted by Crippen LogP contribution is 2.28. The van der Waals surface area contributed by atoms with Gasteiger partial charge in [-0.05, 0) is 93.6 Å². The summed E-state index contributed by atoms with van der Waals surface area (Å²) in [6.45, 7) is 8.77. The van der Waals surface area contributed by atoms with Gasteiger partial charge in [0.15, 0.2) is 5.60 Å². The topological polar surface area (TPSA) is 114 Å². The number of rotatable bonds is 7. The van der Waals surface area contributed by atoms with Crippen molar-refractivity contribution < 1.29 is 19.1 Å². The van der Waals surface area contributed by atoms with Gasteiger partial charge in [0.05, 0.1) is 10.4 Å². The summed E-state index contributed by atoms with van der Waals surface area (Å²) in [6, 6.07) is 15.8. The summed E-state index contributed by atoms with van der Waals surface area (Å²) in [5.74, 6) is -0.262. The van der Waals surface area contributed by atoms with Crippen LogP contribution in [0.5, 0.6) is 5.75 Å². The zero-order valence-corrected chi connectivity index (χ0v) is 20.7. The third kappa shape index (κ3) is 6.45. The Morgan fingerprint density at radius 2 is 1.65 bits per heavy atom. The Morgan fingerprint density at radius 3 is 2.24 bits per heavy atom. The highest BCUT2D eigenvalue weighted by molar-refractivity contribution is 7.12. The minimum Gasteiger partial charge on any atom is -0.478 e. The summed E-state index contributed by atoms with van der Waals surface area (Å²) in [7, 11) is 0. The molecular formula is C26H29N3O4S. The van der Waals surface area contributed by atoms with Crippen LogP contribution in [-0.2, 0) is 9.53 Å². The van der Waals surface area contributed by atoms with Gasteiger partial charge in [0.25, 0.3) is 5.91 Å². The number of amidine groups is 1. The number of amides is 1. The van der Waals surface area contributed by atoms with Crippen molar-refractivity contribution in [2.24, 2.45) is 5.73 Å². The van der Waals surface area contributed by atoms with Crippen molar-refractivity contribution in [1.82, 2.24) is 0 Å². The molecule has 0 saturated heterocycles. The van der Waals surface area contributed by atoms with Gasteiger partial charge in [-0.2, -0.15) is 0 Å². The number of hydrogen-bond donors (Lipinski definition) is 3. The Balaban J connectivity index is 1.67. The first-order valence-electron chi connectivity index (χ1n) is 10.7. The van der Waals surface area contributed by atoms with Crippen molar-refractivity contribution in [1.29, 1.82) is 5.41 Å². The molecule has 0 unspecified atom stereocenters. The highest BCUT2D eigenvalue weighted by atomic mass is 32.1. The monoisotopic (exact) mass is 479 g/mol. The molecule has 0 aliphatic rings. The number of hydrogen-bond acceptors (Lipinski definition) is 6. The summed E-state index contributed by atoms with van der Waals surface area (Å²) in [4.78, 5) is 25.8. The van der Waals surface area contributed by atoms with Crippen molar-refractivity contribution in [3.8, 4) is 16.9 Å². The summed E-state index contributed by atoms with van der Waals surface area (Å²) in [5, 5.41) is 12.4. The number of nitrogen functional groups attached to an aromatic ring is 1. The number of esters is 1. The van der Waals surface area contributed by atoms with E-state index in [0.717, 1.165) is 11.1 Å². The number of thiophene rings is 1. The Bertz CT molecular complexity index is 1210. The van der Waals surface area contributed by atoms with E-state index in [2.05, 4.69) is 5.32 Å². The average molecular weight is 480 g/mol. The lowest BCUT2D eigenvalue weighted by Crippen LogP contribution is -2.42. The number of carbonyl (C=O) groups is 2. The number of nitrogens with two attached hydrogens (primary N) is 1. The molecule has 0 fully saturated rings. The maximum absolute atomic E-state index is 13.0. The zero-order chi connectivity index (χ0) is 25.1. The van der Waals surface area contributed by atoms with E-state index < -0.39 is 17.2 Å². The van der Waals surface area contributed by atoms with Gasteiger partial charge >= 0.3 is 5.97 Å². The molecule has 0 radical (unpaired) electrons. The molecule has 1 heterocycles. The smallest absolute Gasteiger partial charge is 0.338 e. The SMILES string of the molecule is CC(C)(C)OC(=O)c1ccc(OC(C)(C)C(=O)Nc2cccc(-c3csc(C(=N)N)c3)c2)cc1. The van der Waals surface area contributed by atoms with Gasteiger partial charge in [0.2, 0.25) is 0 Å². The maximum Gasteiger partial charge on any atom is 0.338 e. The van der Waals surface area contributed by atoms with Crippen molar-refractivity contribution in [2.45, 2.75) is 45.8 Å². The van der Waals surface area contributed by atoms with Crippen molar-refractivity contribution in [3.05, 3.63) is 70.4 Å². The first-order chi connectivity index (χ1) is 15.8. The Morgan fingerprint density at radius 1 is 0.971 bits per heavy atom. The van der Waals surface area contributed by atoms with Crippen molar-refractivity contribution in [2.75, 3.05) is 5.32 Å². The molecule has 0 saturated carbocycles. The fourth-order valence-electron chi connectivity index (χ4n) is 3.02. The Hall–Kier alpha value is -3.65. The van der Waals surface area contributed by atoms with E-state index in [0.29, 0.717) is 21.9 Å². The standard InChI is InChI=1S/C26H29N3O4S/c1-25(2,3)33-23(30)16-9-11-20(12-10-16)32-26(4,5)24(31)29-19-8-6-7-17(13-19)18-14-21(22(27)28)34-15-18/h6-15H,1-5H3,(H3,27,28)(H,29,31). The van der Waals surface area contributed by atoms with Crippen molar-refractivity contribution >= 4 is 34.7 Å². The van der Waals surface area contributed by atoms with Crippen LogP contribution < -0.4 is 15.8 Å². The normalized spacial score (nSPS) is 11.6. The van der Waals surface area contributed by atoms with Crippen LogP contribution in [0.1, 0.15) is 49.9 Å². The molecule has 1 amide bonds. The predicted molar refractivity (Wildman–Crippen MR) is 136 cm³/mol. The van der Waals surface area contributed by atoms with E-state index in [1.807, 2.05) is 50.4 Å². The number of anilines is 1. The van der Waals surface area contributed by atoms with Crippen LogP contribution in [-0.4, -0.2) is 28.9 Å². The molecule has 1 aromatic heterocycles. The molecule has 178 valence electrons. The van der Waals surface area contributed by atoms with Crippen LogP contribution in [0.4, 0.5) is 5.69 Å².